The number of hydrogen-bond acceptors (Lipinski definition) is 3. The highest BCUT2D eigenvalue weighted by Crippen LogP contribution is 2.37. The first-order valence-corrected chi connectivity index (χ1v) is 9.20. The van der Waals surface area contributed by atoms with Crippen LogP contribution in [0.25, 0.3) is 0 Å². The number of ether oxygens (including phenoxy) is 2. The molecular formula is C20H25Cl2NO2. The van der Waals surface area contributed by atoms with E-state index in [2.05, 4.69) is 19.2 Å². The summed E-state index contributed by atoms with van der Waals surface area (Å²) in [5.41, 5.74) is 1.97. The fourth-order valence-electron chi connectivity index (χ4n) is 2.40. The second kappa shape index (κ2) is 9.91. The Morgan fingerprint density at radius 1 is 1.08 bits per heavy atom. The SMILES string of the molecule is COc1cc(CNCCC(C)C)cc(Cl)c1OCc1ccccc1Cl. The molecule has 0 heterocycles. The summed E-state index contributed by atoms with van der Waals surface area (Å²) in [5.74, 6) is 1.85. The predicted molar refractivity (Wildman–Crippen MR) is 105 cm³/mol. The quantitative estimate of drug-likeness (QED) is 0.563. The molecular weight excluding hydrogens is 357 g/mol. The normalized spacial score (nSPS) is 11.0. The third-order valence-electron chi connectivity index (χ3n) is 3.85. The van der Waals surface area contributed by atoms with E-state index < -0.39 is 0 Å². The van der Waals surface area contributed by atoms with Crippen molar-refractivity contribution in [1.82, 2.24) is 5.32 Å². The average molecular weight is 382 g/mol. The molecule has 0 radical (unpaired) electrons. The standard InChI is InChI=1S/C20H25Cl2NO2/c1-14(2)8-9-23-12-15-10-18(22)20(19(11-15)24-3)25-13-16-6-4-5-7-17(16)21/h4-7,10-11,14,23H,8-9,12-13H2,1-3H3. The molecule has 3 nitrogen and oxygen atoms in total. The lowest BCUT2D eigenvalue weighted by Crippen LogP contribution is -2.16. The van der Waals surface area contributed by atoms with E-state index in [0.717, 1.165) is 30.6 Å². The van der Waals surface area contributed by atoms with Gasteiger partial charge in [0.25, 0.3) is 0 Å². The molecule has 0 spiro atoms. The lowest BCUT2D eigenvalue weighted by atomic mass is 10.1. The van der Waals surface area contributed by atoms with E-state index in [1.54, 1.807) is 7.11 Å². The van der Waals surface area contributed by atoms with Crippen LogP contribution in [0.15, 0.2) is 36.4 Å². The highest BCUT2D eigenvalue weighted by atomic mass is 35.5. The van der Waals surface area contributed by atoms with Crippen LogP contribution in [0, 0.1) is 5.92 Å². The Labute approximate surface area is 160 Å². The van der Waals surface area contributed by atoms with Crippen LogP contribution in [-0.2, 0) is 13.2 Å². The van der Waals surface area contributed by atoms with Gasteiger partial charge < -0.3 is 14.8 Å². The molecule has 5 heteroatoms. The molecule has 0 fully saturated rings. The summed E-state index contributed by atoms with van der Waals surface area (Å²) in [4.78, 5) is 0. The topological polar surface area (TPSA) is 30.5 Å². The number of methoxy groups -OCH3 is 1. The second-order valence-corrected chi connectivity index (χ2v) is 7.16. The largest absolute Gasteiger partial charge is 0.493 e. The first kappa shape index (κ1) is 19.9. The summed E-state index contributed by atoms with van der Waals surface area (Å²) >= 11 is 12.6. The summed E-state index contributed by atoms with van der Waals surface area (Å²) in [6, 6.07) is 11.4. The molecule has 0 aromatic heterocycles. The summed E-state index contributed by atoms with van der Waals surface area (Å²) in [6.07, 6.45) is 1.14. The van der Waals surface area contributed by atoms with Gasteiger partial charge in [-0.2, -0.15) is 0 Å². The van der Waals surface area contributed by atoms with Crippen molar-refractivity contribution in [1.29, 1.82) is 0 Å². The highest BCUT2D eigenvalue weighted by Gasteiger charge is 2.13. The van der Waals surface area contributed by atoms with Gasteiger partial charge in [-0.1, -0.05) is 55.2 Å². The van der Waals surface area contributed by atoms with E-state index in [1.165, 1.54) is 0 Å². The first-order chi connectivity index (χ1) is 12.0. The fourth-order valence-corrected chi connectivity index (χ4v) is 2.88. The van der Waals surface area contributed by atoms with Crippen molar-refractivity contribution in [3.8, 4) is 11.5 Å². The lowest BCUT2D eigenvalue weighted by Gasteiger charge is -2.15. The predicted octanol–water partition coefficient (Wildman–Crippen LogP) is 5.72. The maximum Gasteiger partial charge on any atom is 0.180 e. The van der Waals surface area contributed by atoms with Crippen LogP contribution in [0.5, 0.6) is 11.5 Å². The zero-order chi connectivity index (χ0) is 18.2. The number of halogens is 2. The van der Waals surface area contributed by atoms with E-state index in [9.17, 15) is 0 Å². The maximum atomic E-state index is 6.42. The van der Waals surface area contributed by atoms with Crippen LogP contribution in [-0.4, -0.2) is 13.7 Å². The third kappa shape index (κ3) is 6.10. The van der Waals surface area contributed by atoms with E-state index in [4.69, 9.17) is 32.7 Å². The van der Waals surface area contributed by atoms with E-state index in [1.807, 2.05) is 36.4 Å². The van der Waals surface area contributed by atoms with Gasteiger partial charge in [0.1, 0.15) is 6.61 Å². The third-order valence-corrected chi connectivity index (χ3v) is 4.50. The molecule has 0 aliphatic heterocycles. The molecule has 0 atom stereocenters. The number of rotatable bonds is 9. The Kier molecular flexibility index (Phi) is 7.89. The molecule has 0 bridgehead atoms. The van der Waals surface area contributed by atoms with Crippen molar-refractivity contribution in [2.24, 2.45) is 5.92 Å². The van der Waals surface area contributed by atoms with Crippen molar-refractivity contribution in [2.45, 2.75) is 33.4 Å². The van der Waals surface area contributed by atoms with Crippen molar-refractivity contribution in [3.63, 3.8) is 0 Å². The number of benzene rings is 2. The van der Waals surface area contributed by atoms with Gasteiger partial charge in [-0.15, -0.1) is 0 Å². The molecule has 1 N–H and O–H groups in total. The van der Waals surface area contributed by atoms with Crippen molar-refractivity contribution in [2.75, 3.05) is 13.7 Å². The summed E-state index contributed by atoms with van der Waals surface area (Å²) in [6.45, 7) is 6.48. The minimum atomic E-state index is 0.335. The molecule has 0 amide bonds. The Bertz CT molecular complexity index is 689. The van der Waals surface area contributed by atoms with E-state index >= 15 is 0 Å². The molecule has 0 saturated carbocycles. The van der Waals surface area contributed by atoms with Crippen molar-refractivity contribution >= 4 is 23.2 Å². The van der Waals surface area contributed by atoms with Gasteiger partial charge in [0.2, 0.25) is 0 Å². The van der Waals surface area contributed by atoms with Crippen LogP contribution in [0.1, 0.15) is 31.4 Å². The molecule has 2 aromatic rings. The van der Waals surface area contributed by atoms with Crippen LogP contribution in [0.4, 0.5) is 0 Å². The van der Waals surface area contributed by atoms with Crippen LogP contribution >= 0.6 is 23.2 Å². The van der Waals surface area contributed by atoms with Gasteiger partial charge in [-0.05, 0) is 42.6 Å². The Balaban J connectivity index is 2.04. The van der Waals surface area contributed by atoms with Gasteiger partial charge in [0, 0.05) is 17.1 Å². The zero-order valence-corrected chi connectivity index (χ0v) is 16.5. The molecule has 0 unspecified atom stereocenters. The number of nitrogens with one attached hydrogen (secondary N) is 1. The monoisotopic (exact) mass is 381 g/mol. The summed E-state index contributed by atoms with van der Waals surface area (Å²) in [5, 5.41) is 4.63. The van der Waals surface area contributed by atoms with E-state index in [-0.39, 0.29) is 0 Å². The van der Waals surface area contributed by atoms with Gasteiger partial charge in [0.05, 0.1) is 12.1 Å². The van der Waals surface area contributed by atoms with Gasteiger partial charge in [-0.25, -0.2) is 0 Å². The molecule has 2 aromatic carbocycles. The van der Waals surface area contributed by atoms with Crippen LogP contribution < -0.4 is 14.8 Å². The molecule has 0 saturated heterocycles. The first-order valence-electron chi connectivity index (χ1n) is 8.44. The summed E-state index contributed by atoms with van der Waals surface area (Å²) < 4.78 is 11.3. The van der Waals surface area contributed by atoms with Gasteiger partial charge >= 0.3 is 0 Å². The van der Waals surface area contributed by atoms with Crippen LogP contribution in [0.2, 0.25) is 10.0 Å². The Morgan fingerprint density at radius 2 is 1.84 bits per heavy atom. The van der Waals surface area contributed by atoms with Crippen LogP contribution in [0.3, 0.4) is 0 Å². The van der Waals surface area contributed by atoms with Gasteiger partial charge in [-0.3, -0.25) is 0 Å². The number of hydrogen-bond donors (Lipinski definition) is 1. The molecule has 136 valence electrons. The minimum Gasteiger partial charge on any atom is -0.493 e. The van der Waals surface area contributed by atoms with Crippen molar-refractivity contribution < 1.29 is 9.47 Å². The zero-order valence-electron chi connectivity index (χ0n) is 14.9. The molecule has 25 heavy (non-hydrogen) atoms. The average Bonchev–Trinajstić information content (AvgIpc) is 2.58. The minimum absolute atomic E-state index is 0.335. The maximum absolute atomic E-state index is 6.42. The Morgan fingerprint density at radius 3 is 2.52 bits per heavy atom. The molecule has 0 aliphatic rings. The molecule has 0 aliphatic carbocycles. The van der Waals surface area contributed by atoms with Crippen molar-refractivity contribution in [3.05, 3.63) is 57.6 Å². The lowest BCUT2D eigenvalue weighted by molar-refractivity contribution is 0.284. The van der Waals surface area contributed by atoms with Gasteiger partial charge in [0.15, 0.2) is 11.5 Å². The van der Waals surface area contributed by atoms with E-state index in [0.29, 0.717) is 34.1 Å². The Hall–Kier alpha value is -1.42. The highest BCUT2D eigenvalue weighted by molar-refractivity contribution is 6.32. The fraction of sp³-hybridized carbons (Fsp3) is 0.400. The smallest absolute Gasteiger partial charge is 0.180 e. The second-order valence-electron chi connectivity index (χ2n) is 6.35. The molecule has 2 rings (SSSR count). The summed E-state index contributed by atoms with van der Waals surface area (Å²) in [7, 11) is 1.62.